The third-order valence-corrected chi connectivity index (χ3v) is 6.02. The number of hydrogen-bond acceptors (Lipinski definition) is 4. The summed E-state index contributed by atoms with van der Waals surface area (Å²) in [5.74, 6) is 0.295. The topological polar surface area (TPSA) is 44.8 Å². The summed E-state index contributed by atoms with van der Waals surface area (Å²) in [6.07, 6.45) is 1.79. The van der Waals surface area contributed by atoms with Gasteiger partial charge in [-0.15, -0.1) is 0 Å². The first-order valence-corrected chi connectivity index (χ1v) is 11.4. The van der Waals surface area contributed by atoms with Gasteiger partial charge in [-0.3, -0.25) is 14.6 Å². The van der Waals surface area contributed by atoms with Gasteiger partial charge in [0.15, 0.2) is 0 Å². The molecule has 7 heteroatoms. The summed E-state index contributed by atoms with van der Waals surface area (Å²) >= 11 is 0. The van der Waals surface area contributed by atoms with Crippen LogP contribution in [0, 0.1) is 11.6 Å². The molecule has 4 rings (SSSR count). The zero-order valence-electron chi connectivity index (χ0n) is 19.2. The zero-order valence-corrected chi connectivity index (χ0v) is 19.2. The minimum Gasteiger partial charge on any atom is -0.457 e. The van der Waals surface area contributed by atoms with Gasteiger partial charge in [0.1, 0.15) is 23.1 Å². The maximum Gasteiger partial charge on any atom is 0.238 e. The number of para-hydroxylation sites is 1. The Bertz CT molecular complexity index is 1060. The van der Waals surface area contributed by atoms with E-state index in [2.05, 4.69) is 15.1 Å². The van der Waals surface area contributed by atoms with Crippen molar-refractivity contribution in [2.75, 3.05) is 32.0 Å². The van der Waals surface area contributed by atoms with Crippen molar-refractivity contribution in [1.82, 2.24) is 9.80 Å². The lowest BCUT2D eigenvalue weighted by Crippen LogP contribution is -2.45. The summed E-state index contributed by atoms with van der Waals surface area (Å²) in [7, 11) is 1.96. The number of halogens is 2. The minimum atomic E-state index is -0.547. The van der Waals surface area contributed by atoms with Gasteiger partial charge in [-0.25, -0.2) is 8.78 Å². The largest absolute Gasteiger partial charge is 0.457 e. The van der Waals surface area contributed by atoms with E-state index in [1.54, 1.807) is 0 Å². The molecule has 178 valence electrons. The predicted octanol–water partition coefficient (Wildman–Crippen LogP) is 5.29. The van der Waals surface area contributed by atoms with Crippen molar-refractivity contribution in [3.63, 3.8) is 0 Å². The molecular formula is C27H29F2N3O2. The summed E-state index contributed by atoms with van der Waals surface area (Å²) < 4.78 is 32.6. The molecule has 0 radical (unpaired) electrons. The van der Waals surface area contributed by atoms with Gasteiger partial charge in [0.2, 0.25) is 5.91 Å². The number of nitrogens with zero attached hydrogens (tertiary/aromatic N) is 2. The molecule has 0 aliphatic carbocycles. The number of likely N-dealkylation sites (N-methyl/N-ethyl adjacent to an activating group) is 1. The van der Waals surface area contributed by atoms with Crippen molar-refractivity contribution in [2.45, 2.75) is 25.4 Å². The van der Waals surface area contributed by atoms with E-state index in [1.807, 2.05) is 61.6 Å². The standard InChI is InChI=1S/C27H29F2N3O2/c1-31(24-11-13-32(14-12-24)18-20-15-21(28)17-22(29)16-20)19-27(33)30-23-7-9-26(10-8-23)34-25-5-3-2-4-6-25/h2-10,15-17,24H,11-14,18-19H2,1H3,(H,30,33). The highest BCUT2D eigenvalue weighted by Gasteiger charge is 2.24. The van der Waals surface area contributed by atoms with Crippen LogP contribution >= 0.6 is 0 Å². The van der Waals surface area contributed by atoms with Crippen molar-refractivity contribution >= 4 is 11.6 Å². The molecule has 5 nitrogen and oxygen atoms in total. The van der Waals surface area contributed by atoms with Crippen LogP contribution in [0.25, 0.3) is 0 Å². The smallest absolute Gasteiger partial charge is 0.238 e. The molecule has 1 saturated heterocycles. The van der Waals surface area contributed by atoms with Crippen LogP contribution in [0.3, 0.4) is 0 Å². The molecule has 3 aromatic carbocycles. The number of piperidine rings is 1. The monoisotopic (exact) mass is 465 g/mol. The summed E-state index contributed by atoms with van der Waals surface area (Å²) in [5, 5.41) is 2.94. The van der Waals surface area contributed by atoms with Gasteiger partial charge >= 0.3 is 0 Å². The number of likely N-dealkylation sites (tertiary alicyclic amines) is 1. The molecule has 1 fully saturated rings. The molecule has 0 spiro atoms. The first-order chi connectivity index (χ1) is 16.4. The molecule has 0 saturated carbocycles. The van der Waals surface area contributed by atoms with Gasteiger partial charge in [0, 0.05) is 24.3 Å². The zero-order chi connectivity index (χ0) is 23.9. The van der Waals surface area contributed by atoms with E-state index < -0.39 is 11.6 Å². The van der Waals surface area contributed by atoms with E-state index in [1.165, 1.54) is 12.1 Å². The first-order valence-electron chi connectivity index (χ1n) is 11.4. The molecule has 0 unspecified atom stereocenters. The van der Waals surface area contributed by atoms with Gasteiger partial charge < -0.3 is 10.1 Å². The Hall–Kier alpha value is -3.29. The van der Waals surface area contributed by atoms with Crippen molar-refractivity contribution in [3.05, 3.63) is 90.0 Å². The molecule has 1 aliphatic heterocycles. The summed E-state index contributed by atoms with van der Waals surface area (Å²) in [5.41, 5.74) is 1.36. The van der Waals surface area contributed by atoms with Crippen LogP contribution in [-0.4, -0.2) is 48.4 Å². The number of nitrogens with one attached hydrogen (secondary N) is 1. The summed E-state index contributed by atoms with van der Waals surface area (Å²) in [6, 6.07) is 20.8. The number of anilines is 1. The third-order valence-electron chi connectivity index (χ3n) is 6.02. The number of benzene rings is 3. The van der Waals surface area contributed by atoms with Crippen LogP contribution in [0.15, 0.2) is 72.8 Å². The molecule has 3 aromatic rings. The Morgan fingerprint density at radius 1 is 0.971 bits per heavy atom. The molecule has 0 bridgehead atoms. The predicted molar refractivity (Wildman–Crippen MR) is 129 cm³/mol. The van der Waals surface area contributed by atoms with Crippen molar-refractivity contribution in [1.29, 1.82) is 0 Å². The van der Waals surface area contributed by atoms with Crippen molar-refractivity contribution in [2.24, 2.45) is 0 Å². The van der Waals surface area contributed by atoms with Crippen LogP contribution in [-0.2, 0) is 11.3 Å². The minimum absolute atomic E-state index is 0.0723. The van der Waals surface area contributed by atoms with E-state index in [4.69, 9.17) is 4.74 Å². The third kappa shape index (κ3) is 6.85. The van der Waals surface area contributed by atoms with Crippen LogP contribution < -0.4 is 10.1 Å². The first kappa shape index (κ1) is 23.9. The molecular weight excluding hydrogens is 436 g/mol. The van der Waals surface area contributed by atoms with Gasteiger partial charge in [0.25, 0.3) is 0 Å². The Morgan fingerprint density at radius 2 is 1.59 bits per heavy atom. The van der Waals surface area contributed by atoms with Crippen LogP contribution in [0.4, 0.5) is 14.5 Å². The normalized spacial score (nSPS) is 14.8. The highest BCUT2D eigenvalue weighted by Crippen LogP contribution is 2.23. The Morgan fingerprint density at radius 3 is 2.24 bits per heavy atom. The van der Waals surface area contributed by atoms with Crippen LogP contribution in [0.1, 0.15) is 18.4 Å². The molecule has 0 aromatic heterocycles. The molecule has 1 aliphatic rings. The van der Waals surface area contributed by atoms with E-state index >= 15 is 0 Å². The highest BCUT2D eigenvalue weighted by atomic mass is 19.1. The highest BCUT2D eigenvalue weighted by molar-refractivity contribution is 5.92. The fraction of sp³-hybridized carbons (Fsp3) is 0.296. The summed E-state index contributed by atoms with van der Waals surface area (Å²) in [4.78, 5) is 16.8. The maximum atomic E-state index is 13.4. The van der Waals surface area contributed by atoms with Crippen molar-refractivity contribution < 1.29 is 18.3 Å². The van der Waals surface area contributed by atoms with E-state index in [0.29, 0.717) is 24.4 Å². The molecule has 1 heterocycles. The summed E-state index contributed by atoms with van der Waals surface area (Å²) in [6.45, 7) is 2.45. The second kappa shape index (κ2) is 11.2. The lowest BCUT2D eigenvalue weighted by Gasteiger charge is -2.36. The number of carbonyl (C=O) groups is 1. The molecule has 1 amide bonds. The Kier molecular flexibility index (Phi) is 7.87. The number of carbonyl (C=O) groups excluding carboxylic acids is 1. The number of amides is 1. The van der Waals surface area contributed by atoms with Gasteiger partial charge in [-0.1, -0.05) is 18.2 Å². The lowest BCUT2D eigenvalue weighted by molar-refractivity contribution is -0.117. The maximum absolute atomic E-state index is 13.4. The average Bonchev–Trinajstić information content (AvgIpc) is 2.81. The van der Waals surface area contributed by atoms with Gasteiger partial charge in [-0.05, 0) is 87.1 Å². The van der Waals surface area contributed by atoms with E-state index in [9.17, 15) is 13.6 Å². The van der Waals surface area contributed by atoms with E-state index in [0.717, 1.165) is 43.4 Å². The van der Waals surface area contributed by atoms with Crippen LogP contribution in [0.5, 0.6) is 11.5 Å². The number of rotatable bonds is 8. The fourth-order valence-corrected chi connectivity index (χ4v) is 4.27. The number of ether oxygens (including phenoxy) is 1. The fourth-order valence-electron chi connectivity index (χ4n) is 4.27. The molecule has 0 atom stereocenters. The second-order valence-electron chi connectivity index (χ2n) is 8.69. The molecule has 1 N–H and O–H groups in total. The van der Waals surface area contributed by atoms with Gasteiger partial charge in [0.05, 0.1) is 6.54 Å². The second-order valence-corrected chi connectivity index (χ2v) is 8.69. The Labute approximate surface area is 198 Å². The average molecular weight is 466 g/mol. The SMILES string of the molecule is CN(CC(=O)Nc1ccc(Oc2ccccc2)cc1)C1CCN(Cc2cc(F)cc(F)c2)CC1. The van der Waals surface area contributed by atoms with Crippen LogP contribution in [0.2, 0.25) is 0 Å². The van der Waals surface area contributed by atoms with E-state index in [-0.39, 0.29) is 11.9 Å². The lowest BCUT2D eigenvalue weighted by atomic mass is 10.0. The Balaban J connectivity index is 1.21. The van der Waals surface area contributed by atoms with Gasteiger partial charge in [-0.2, -0.15) is 0 Å². The van der Waals surface area contributed by atoms with Crippen molar-refractivity contribution in [3.8, 4) is 11.5 Å². The molecule has 34 heavy (non-hydrogen) atoms. The quantitative estimate of drug-likeness (QED) is 0.491. The number of hydrogen-bond donors (Lipinski definition) is 1.